The fourth-order valence-corrected chi connectivity index (χ4v) is 3.24. The van der Waals surface area contributed by atoms with Gasteiger partial charge in [0.05, 0.1) is 11.8 Å². The highest BCUT2D eigenvalue weighted by molar-refractivity contribution is 7.22. The number of methoxy groups -OCH3 is 1. The van der Waals surface area contributed by atoms with E-state index in [0.717, 1.165) is 42.6 Å². The Bertz CT molecular complexity index is 546. The first-order valence-corrected chi connectivity index (χ1v) is 6.96. The number of ether oxygens (including phenoxy) is 1. The number of aromatic nitrogens is 1. The summed E-state index contributed by atoms with van der Waals surface area (Å²) in [5.74, 6) is 0.865. The van der Waals surface area contributed by atoms with Crippen LogP contribution in [0.3, 0.4) is 0 Å². The van der Waals surface area contributed by atoms with Gasteiger partial charge in [0.25, 0.3) is 0 Å². The molecule has 0 bridgehead atoms. The molecule has 0 spiro atoms. The molecule has 0 N–H and O–H groups in total. The zero-order valence-electron chi connectivity index (χ0n) is 10.7. The summed E-state index contributed by atoms with van der Waals surface area (Å²) in [6.45, 7) is 4.32. The third kappa shape index (κ3) is 2.04. The Morgan fingerprint density at radius 2 is 2.00 bits per heavy atom. The van der Waals surface area contributed by atoms with E-state index in [1.807, 2.05) is 12.1 Å². The van der Waals surface area contributed by atoms with Crippen LogP contribution in [0.25, 0.3) is 10.2 Å². The number of thiazole rings is 1. The van der Waals surface area contributed by atoms with Gasteiger partial charge in [-0.3, -0.25) is 0 Å². The second-order valence-electron chi connectivity index (χ2n) is 4.59. The molecule has 1 saturated heterocycles. The van der Waals surface area contributed by atoms with E-state index in [1.165, 1.54) is 4.70 Å². The Labute approximate surface area is 111 Å². The summed E-state index contributed by atoms with van der Waals surface area (Å²) in [6.07, 6.45) is 0. The quantitative estimate of drug-likeness (QED) is 0.829. The summed E-state index contributed by atoms with van der Waals surface area (Å²) in [5.41, 5.74) is 0.985. The molecule has 0 aliphatic carbocycles. The van der Waals surface area contributed by atoms with Crippen molar-refractivity contribution in [2.24, 2.45) is 0 Å². The standard InChI is InChI=1S/C13H17N3OS/c1-15-6-8-16(9-7-15)13-14-12-10(17-2)4-3-5-11(12)18-13/h3-5H,6-9H2,1-2H3. The first kappa shape index (κ1) is 11.7. The summed E-state index contributed by atoms with van der Waals surface area (Å²) in [5, 5.41) is 1.11. The minimum atomic E-state index is 0.865. The molecule has 0 saturated carbocycles. The maximum atomic E-state index is 5.36. The highest BCUT2D eigenvalue weighted by Gasteiger charge is 2.18. The van der Waals surface area contributed by atoms with Gasteiger partial charge >= 0.3 is 0 Å². The minimum absolute atomic E-state index is 0.865. The van der Waals surface area contributed by atoms with Crippen molar-refractivity contribution >= 4 is 26.7 Å². The number of anilines is 1. The van der Waals surface area contributed by atoms with Crippen molar-refractivity contribution in [1.29, 1.82) is 0 Å². The molecule has 0 radical (unpaired) electrons. The molecule has 18 heavy (non-hydrogen) atoms. The van der Waals surface area contributed by atoms with Gasteiger partial charge in [-0.1, -0.05) is 17.4 Å². The predicted molar refractivity (Wildman–Crippen MR) is 75.9 cm³/mol. The van der Waals surface area contributed by atoms with Gasteiger partial charge in [-0.2, -0.15) is 0 Å². The number of hydrogen-bond acceptors (Lipinski definition) is 5. The Morgan fingerprint density at radius 3 is 2.72 bits per heavy atom. The average Bonchev–Trinajstić information content (AvgIpc) is 2.83. The van der Waals surface area contributed by atoms with Crippen molar-refractivity contribution in [3.63, 3.8) is 0 Å². The molecule has 2 heterocycles. The van der Waals surface area contributed by atoms with Gasteiger partial charge in [-0.25, -0.2) is 4.98 Å². The van der Waals surface area contributed by atoms with Crippen LogP contribution in [-0.2, 0) is 0 Å². The molecule has 1 fully saturated rings. The number of rotatable bonds is 2. The van der Waals surface area contributed by atoms with Crippen LogP contribution in [0.5, 0.6) is 5.75 Å². The monoisotopic (exact) mass is 263 g/mol. The highest BCUT2D eigenvalue weighted by Crippen LogP contribution is 2.34. The summed E-state index contributed by atoms with van der Waals surface area (Å²) in [6, 6.07) is 6.10. The molecule has 4 nitrogen and oxygen atoms in total. The van der Waals surface area contributed by atoms with E-state index in [2.05, 4.69) is 22.9 Å². The fraction of sp³-hybridized carbons (Fsp3) is 0.462. The lowest BCUT2D eigenvalue weighted by atomic mass is 10.3. The van der Waals surface area contributed by atoms with E-state index in [-0.39, 0.29) is 0 Å². The number of likely N-dealkylation sites (N-methyl/N-ethyl adjacent to an activating group) is 1. The SMILES string of the molecule is COc1cccc2sc(N3CCN(C)CC3)nc12. The van der Waals surface area contributed by atoms with Crippen LogP contribution < -0.4 is 9.64 Å². The van der Waals surface area contributed by atoms with Gasteiger partial charge in [0.2, 0.25) is 0 Å². The van der Waals surface area contributed by atoms with Crippen molar-refractivity contribution in [2.45, 2.75) is 0 Å². The van der Waals surface area contributed by atoms with Crippen LogP contribution in [0.4, 0.5) is 5.13 Å². The van der Waals surface area contributed by atoms with Crippen molar-refractivity contribution in [2.75, 3.05) is 45.2 Å². The Kier molecular flexibility index (Phi) is 3.09. The second-order valence-corrected chi connectivity index (χ2v) is 5.60. The Morgan fingerprint density at radius 1 is 1.22 bits per heavy atom. The first-order chi connectivity index (χ1) is 8.78. The fourth-order valence-electron chi connectivity index (χ4n) is 2.21. The molecule has 5 heteroatoms. The van der Waals surface area contributed by atoms with Crippen LogP contribution in [0.1, 0.15) is 0 Å². The number of para-hydroxylation sites is 1. The first-order valence-electron chi connectivity index (χ1n) is 6.15. The molecule has 1 aliphatic rings. The smallest absolute Gasteiger partial charge is 0.186 e. The topological polar surface area (TPSA) is 28.6 Å². The van der Waals surface area contributed by atoms with E-state index in [4.69, 9.17) is 9.72 Å². The lowest BCUT2D eigenvalue weighted by Gasteiger charge is -2.32. The van der Waals surface area contributed by atoms with E-state index in [1.54, 1.807) is 18.4 Å². The van der Waals surface area contributed by atoms with Crippen LogP contribution in [0, 0.1) is 0 Å². The third-order valence-electron chi connectivity index (χ3n) is 3.36. The van der Waals surface area contributed by atoms with Crippen LogP contribution in [-0.4, -0.2) is 50.2 Å². The van der Waals surface area contributed by atoms with Gasteiger partial charge in [0, 0.05) is 26.2 Å². The molecule has 1 aromatic carbocycles. The largest absolute Gasteiger partial charge is 0.494 e. The van der Waals surface area contributed by atoms with Gasteiger partial charge in [-0.05, 0) is 19.2 Å². The third-order valence-corrected chi connectivity index (χ3v) is 4.45. The molecule has 2 aromatic rings. The predicted octanol–water partition coefficient (Wildman–Crippen LogP) is 2.06. The summed E-state index contributed by atoms with van der Waals surface area (Å²) in [4.78, 5) is 9.45. The average molecular weight is 263 g/mol. The van der Waals surface area contributed by atoms with E-state index in [0.29, 0.717) is 0 Å². The van der Waals surface area contributed by atoms with Gasteiger partial charge in [0.15, 0.2) is 5.13 Å². The van der Waals surface area contributed by atoms with Crippen LogP contribution >= 0.6 is 11.3 Å². The van der Waals surface area contributed by atoms with E-state index < -0.39 is 0 Å². The maximum absolute atomic E-state index is 5.36. The molecule has 0 atom stereocenters. The van der Waals surface area contributed by atoms with Gasteiger partial charge in [-0.15, -0.1) is 0 Å². The number of fused-ring (bicyclic) bond motifs is 1. The Hall–Kier alpha value is -1.33. The lowest BCUT2D eigenvalue weighted by molar-refractivity contribution is 0.313. The summed E-state index contributed by atoms with van der Waals surface area (Å²) in [7, 11) is 3.86. The molecule has 1 aromatic heterocycles. The zero-order valence-corrected chi connectivity index (χ0v) is 11.5. The highest BCUT2D eigenvalue weighted by atomic mass is 32.1. The van der Waals surface area contributed by atoms with Crippen molar-refractivity contribution < 1.29 is 4.74 Å². The minimum Gasteiger partial charge on any atom is -0.494 e. The van der Waals surface area contributed by atoms with Crippen molar-refractivity contribution in [3.8, 4) is 5.75 Å². The van der Waals surface area contributed by atoms with Crippen LogP contribution in [0.15, 0.2) is 18.2 Å². The lowest BCUT2D eigenvalue weighted by Crippen LogP contribution is -2.44. The maximum Gasteiger partial charge on any atom is 0.186 e. The Balaban J connectivity index is 1.93. The molecule has 3 rings (SSSR count). The van der Waals surface area contributed by atoms with Crippen molar-refractivity contribution in [1.82, 2.24) is 9.88 Å². The van der Waals surface area contributed by atoms with E-state index >= 15 is 0 Å². The molecule has 0 unspecified atom stereocenters. The number of hydrogen-bond donors (Lipinski definition) is 0. The number of piperazine rings is 1. The van der Waals surface area contributed by atoms with Crippen molar-refractivity contribution in [3.05, 3.63) is 18.2 Å². The molecule has 96 valence electrons. The second kappa shape index (κ2) is 4.74. The van der Waals surface area contributed by atoms with E-state index in [9.17, 15) is 0 Å². The number of nitrogens with zero attached hydrogens (tertiary/aromatic N) is 3. The summed E-state index contributed by atoms with van der Waals surface area (Å²) >= 11 is 1.75. The zero-order chi connectivity index (χ0) is 12.5. The normalized spacial score (nSPS) is 17.3. The van der Waals surface area contributed by atoms with Gasteiger partial charge in [0.1, 0.15) is 11.3 Å². The molecular formula is C13H17N3OS. The molecular weight excluding hydrogens is 246 g/mol. The molecule has 1 aliphatic heterocycles. The molecule has 0 amide bonds. The van der Waals surface area contributed by atoms with Gasteiger partial charge < -0.3 is 14.5 Å². The summed E-state index contributed by atoms with van der Waals surface area (Å²) < 4.78 is 6.56. The van der Waals surface area contributed by atoms with Crippen LogP contribution in [0.2, 0.25) is 0 Å². The number of benzene rings is 1.